The van der Waals surface area contributed by atoms with Gasteiger partial charge in [0.15, 0.2) is 0 Å². The highest BCUT2D eigenvalue weighted by Crippen LogP contribution is 2.25. The molecule has 2 amide bonds. The molecule has 154 valence electrons. The summed E-state index contributed by atoms with van der Waals surface area (Å²) in [4.78, 5) is 42.5. The predicted octanol–water partition coefficient (Wildman–Crippen LogP) is 2.97. The van der Waals surface area contributed by atoms with Gasteiger partial charge in [0.05, 0.1) is 23.0 Å². The summed E-state index contributed by atoms with van der Waals surface area (Å²) in [6, 6.07) is 5.20. The number of nitrogens with zero attached hydrogens (tertiary/aromatic N) is 4. The summed E-state index contributed by atoms with van der Waals surface area (Å²) in [6.45, 7) is 2.14. The molecule has 0 saturated heterocycles. The van der Waals surface area contributed by atoms with Crippen molar-refractivity contribution >= 4 is 29.1 Å². The molecule has 2 aromatic heterocycles. The third-order valence-electron chi connectivity index (χ3n) is 4.77. The van der Waals surface area contributed by atoms with E-state index in [-0.39, 0.29) is 31.4 Å². The first-order chi connectivity index (χ1) is 14.4. The van der Waals surface area contributed by atoms with E-state index >= 15 is 0 Å². The van der Waals surface area contributed by atoms with Crippen LogP contribution >= 0.6 is 11.3 Å². The van der Waals surface area contributed by atoms with Gasteiger partial charge in [0.2, 0.25) is 0 Å². The van der Waals surface area contributed by atoms with Crippen molar-refractivity contribution in [3.63, 3.8) is 0 Å². The molecule has 0 unspecified atom stereocenters. The van der Waals surface area contributed by atoms with Crippen molar-refractivity contribution in [2.24, 2.45) is 7.05 Å². The topological polar surface area (TPSA) is 94.4 Å². The summed E-state index contributed by atoms with van der Waals surface area (Å²) in [5.41, 5.74) is 3.35. The lowest BCUT2D eigenvalue weighted by molar-refractivity contribution is -0.145. The van der Waals surface area contributed by atoms with Gasteiger partial charge < -0.3 is 4.74 Å². The Morgan fingerprint density at radius 1 is 1.20 bits per heavy atom. The molecule has 3 heterocycles. The van der Waals surface area contributed by atoms with Crippen LogP contribution in [0.5, 0.6) is 0 Å². The number of benzene rings is 1. The lowest BCUT2D eigenvalue weighted by Gasteiger charge is -2.13. The second-order valence-electron chi connectivity index (χ2n) is 7.12. The first-order valence-electron chi connectivity index (χ1n) is 9.48. The van der Waals surface area contributed by atoms with Gasteiger partial charge in [0.1, 0.15) is 11.6 Å². The van der Waals surface area contributed by atoms with Crippen LogP contribution in [0.15, 0.2) is 36.0 Å². The molecule has 3 aromatic rings. The van der Waals surface area contributed by atoms with Gasteiger partial charge >= 0.3 is 5.97 Å². The maximum atomic E-state index is 12.4. The number of esters is 1. The number of thiazole rings is 1. The highest BCUT2D eigenvalue weighted by Gasteiger charge is 2.35. The lowest BCUT2D eigenvalue weighted by Crippen LogP contribution is -2.31. The molecule has 0 radical (unpaired) electrons. The minimum absolute atomic E-state index is 0.0852. The van der Waals surface area contributed by atoms with Gasteiger partial charge in [-0.1, -0.05) is 11.6 Å². The number of carbonyl (C=O) groups is 3. The van der Waals surface area contributed by atoms with Crippen LogP contribution < -0.4 is 0 Å². The molecular formula is C21H20N4O4S. The summed E-state index contributed by atoms with van der Waals surface area (Å²) < 4.78 is 6.97. The number of imide groups is 1. The minimum atomic E-state index is -0.390. The summed E-state index contributed by atoms with van der Waals surface area (Å²) in [6.07, 6.45) is 4.07. The van der Waals surface area contributed by atoms with Crippen LogP contribution in [-0.2, 0) is 23.2 Å². The van der Waals surface area contributed by atoms with E-state index in [1.807, 2.05) is 31.6 Å². The van der Waals surface area contributed by atoms with E-state index in [1.54, 1.807) is 23.0 Å². The molecular weight excluding hydrogens is 404 g/mol. The molecule has 0 spiro atoms. The van der Waals surface area contributed by atoms with Gasteiger partial charge in [-0.3, -0.25) is 24.0 Å². The molecule has 0 bridgehead atoms. The van der Waals surface area contributed by atoms with Crippen LogP contribution in [0.25, 0.3) is 10.6 Å². The molecule has 1 aliphatic rings. The van der Waals surface area contributed by atoms with E-state index < -0.39 is 5.97 Å². The molecule has 8 nitrogen and oxygen atoms in total. The number of hydrogen-bond donors (Lipinski definition) is 0. The molecule has 9 heteroatoms. The van der Waals surface area contributed by atoms with E-state index in [0.717, 1.165) is 16.1 Å². The standard InChI is InChI=1S/C21H20N4O4S/c1-13-5-6-16-17(8-13)21(28)25(20(16)27)7-3-4-18(26)29-11-15-12-30-19(23-15)14-9-22-24(2)10-14/h5-6,8-10,12H,3-4,7,11H2,1-2H3. The highest BCUT2D eigenvalue weighted by atomic mass is 32.1. The molecule has 0 fully saturated rings. The maximum absolute atomic E-state index is 12.4. The van der Waals surface area contributed by atoms with Crippen LogP contribution in [0.1, 0.15) is 44.8 Å². The van der Waals surface area contributed by atoms with E-state index in [4.69, 9.17) is 4.74 Å². The van der Waals surface area contributed by atoms with Gasteiger partial charge in [-0.25, -0.2) is 4.98 Å². The first-order valence-corrected chi connectivity index (χ1v) is 10.4. The Kier molecular flexibility index (Phi) is 5.45. The SMILES string of the molecule is Cc1ccc2c(c1)C(=O)N(CCCC(=O)OCc1csc(-c3cnn(C)c3)n1)C2=O. The van der Waals surface area contributed by atoms with E-state index in [9.17, 15) is 14.4 Å². The van der Waals surface area contributed by atoms with Crippen LogP contribution in [0.2, 0.25) is 0 Å². The van der Waals surface area contributed by atoms with Crippen LogP contribution in [-0.4, -0.2) is 44.0 Å². The number of ether oxygens (including phenoxy) is 1. The van der Waals surface area contributed by atoms with E-state index in [1.165, 1.54) is 16.2 Å². The third kappa shape index (κ3) is 4.02. The molecule has 1 aromatic carbocycles. The second-order valence-corrected chi connectivity index (χ2v) is 7.98. The van der Waals surface area contributed by atoms with Gasteiger partial charge in [-0.15, -0.1) is 11.3 Å². The average molecular weight is 424 g/mol. The fourth-order valence-corrected chi connectivity index (χ4v) is 4.03. The zero-order valence-corrected chi connectivity index (χ0v) is 17.4. The largest absolute Gasteiger partial charge is 0.459 e. The molecule has 0 saturated carbocycles. The van der Waals surface area contributed by atoms with Crippen LogP contribution in [0.4, 0.5) is 0 Å². The monoisotopic (exact) mass is 424 g/mol. The predicted molar refractivity (Wildman–Crippen MR) is 110 cm³/mol. The van der Waals surface area contributed by atoms with Gasteiger partial charge in [-0.2, -0.15) is 5.10 Å². The van der Waals surface area contributed by atoms with Gasteiger partial charge in [0, 0.05) is 37.2 Å². The van der Waals surface area contributed by atoms with Crippen molar-refractivity contribution in [1.29, 1.82) is 0 Å². The Labute approximate surface area is 177 Å². The Balaban J connectivity index is 1.25. The molecule has 0 atom stereocenters. The van der Waals surface area contributed by atoms with Crippen molar-refractivity contribution in [3.8, 4) is 10.6 Å². The second kappa shape index (κ2) is 8.19. The first kappa shape index (κ1) is 20.0. The minimum Gasteiger partial charge on any atom is -0.459 e. The summed E-state index contributed by atoms with van der Waals surface area (Å²) in [5, 5.41) is 6.78. The van der Waals surface area contributed by atoms with E-state index in [2.05, 4.69) is 10.1 Å². The van der Waals surface area contributed by atoms with Gasteiger partial charge in [-0.05, 0) is 25.5 Å². The van der Waals surface area contributed by atoms with Crippen molar-refractivity contribution in [3.05, 3.63) is 58.4 Å². The maximum Gasteiger partial charge on any atom is 0.306 e. The number of aromatic nitrogens is 3. The fraction of sp³-hybridized carbons (Fsp3) is 0.286. The molecule has 4 rings (SSSR count). The smallest absolute Gasteiger partial charge is 0.306 e. The number of aryl methyl sites for hydroxylation is 2. The van der Waals surface area contributed by atoms with Crippen molar-refractivity contribution in [2.75, 3.05) is 6.54 Å². The third-order valence-corrected chi connectivity index (χ3v) is 5.71. The number of rotatable bonds is 7. The summed E-state index contributed by atoms with van der Waals surface area (Å²) in [5.74, 6) is -1.01. The highest BCUT2D eigenvalue weighted by molar-refractivity contribution is 7.13. The molecule has 0 N–H and O–H groups in total. The molecule has 0 aliphatic carbocycles. The molecule has 1 aliphatic heterocycles. The number of amides is 2. The average Bonchev–Trinajstić information content (AvgIpc) is 3.42. The van der Waals surface area contributed by atoms with Crippen molar-refractivity contribution < 1.29 is 19.1 Å². The Morgan fingerprint density at radius 3 is 2.77 bits per heavy atom. The zero-order chi connectivity index (χ0) is 21.3. The Bertz CT molecular complexity index is 1130. The number of fused-ring (bicyclic) bond motifs is 1. The normalized spacial score (nSPS) is 13.1. The zero-order valence-electron chi connectivity index (χ0n) is 16.6. The lowest BCUT2D eigenvalue weighted by atomic mass is 10.1. The Morgan fingerprint density at radius 2 is 2.00 bits per heavy atom. The number of hydrogen-bond acceptors (Lipinski definition) is 7. The van der Waals surface area contributed by atoms with Crippen molar-refractivity contribution in [2.45, 2.75) is 26.4 Å². The summed E-state index contributed by atoms with van der Waals surface area (Å²) in [7, 11) is 1.84. The quantitative estimate of drug-likeness (QED) is 0.428. The Hall–Kier alpha value is -3.33. The van der Waals surface area contributed by atoms with Gasteiger partial charge in [0.25, 0.3) is 11.8 Å². The molecule has 30 heavy (non-hydrogen) atoms. The number of carbonyl (C=O) groups excluding carboxylic acids is 3. The van der Waals surface area contributed by atoms with Crippen LogP contribution in [0.3, 0.4) is 0 Å². The summed E-state index contributed by atoms with van der Waals surface area (Å²) >= 11 is 1.46. The van der Waals surface area contributed by atoms with E-state index in [0.29, 0.717) is 23.2 Å². The van der Waals surface area contributed by atoms with Crippen molar-refractivity contribution in [1.82, 2.24) is 19.7 Å². The van der Waals surface area contributed by atoms with Crippen LogP contribution in [0, 0.1) is 6.92 Å². The fourth-order valence-electron chi connectivity index (χ4n) is 3.25.